The van der Waals surface area contributed by atoms with Crippen molar-refractivity contribution in [2.75, 3.05) is 13.3 Å². The van der Waals surface area contributed by atoms with E-state index in [1.807, 2.05) is 34.2 Å². The van der Waals surface area contributed by atoms with Crippen LogP contribution in [0.25, 0.3) is 16.3 Å². The van der Waals surface area contributed by atoms with Gasteiger partial charge in [0.15, 0.2) is 17.3 Å². The molecule has 2 aromatic carbocycles. The quantitative estimate of drug-likeness (QED) is 0.525. The summed E-state index contributed by atoms with van der Waals surface area (Å²) in [5.41, 5.74) is 2.44. The molecule has 0 saturated heterocycles. The molecule has 1 aliphatic heterocycles. The summed E-state index contributed by atoms with van der Waals surface area (Å²) in [5.74, 6) is 1.74. The van der Waals surface area contributed by atoms with E-state index in [4.69, 9.17) is 21.1 Å². The van der Waals surface area contributed by atoms with E-state index in [0.717, 1.165) is 16.2 Å². The molecule has 0 aliphatic carbocycles. The third kappa shape index (κ3) is 3.52. The van der Waals surface area contributed by atoms with Crippen molar-refractivity contribution in [2.45, 2.75) is 6.42 Å². The van der Waals surface area contributed by atoms with Crippen molar-refractivity contribution in [3.8, 4) is 22.9 Å². The highest BCUT2D eigenvalue weighted by Crippen LogP contribution is 2.32. The monoisotopic (exact) mass is 426 g/mol. The number of carbonyl (C=O) groups excluding carboxylic acids is 1. The maximum Gasteiger partial charge on any atom is 0.251 e. The number of fused-ring (bicyclic) bond motifs is 2. The highest BCUT2D eigenvalue weighted by Gasteiger charge is 2.16. The number of hydrogen-bond donors (Lipinski definition) is 1. The van der Waals surface area contributed by atoms with Crippen LogP contribution in [0.5, 0.6) is 11.5 Å². The fourth-order valence-electron chi connectivity index (χ4n) is 3.06. The molecule has 1 aliphatic rings. The van der Waals surface area contributed by atoms with Crippen molar-refractivity contribution < 1.29 is 14.3 Å². The van der Waals surface area contributed by atoms with E-state index < -0.39 is 0 Å². The Morgan fingerprint density at radius 3 is 2.86 bits per heavy atom. The van der Waals surface area contributed by atoms with Crippen LogP contribution < -0.4 is 14.8 Å². The van der Waals surface area contributed by atoms with Crippen molar-refractivity contribution in [2.24, 2.45) is 0 Å². The highest BCUT2D eigenvalue weighted by molar-refractivity contribution is 7.15. The molecule has 9 heteroatoms. The van der Waals surface area contributed by atoms with Gasteiger partial charge in [-0.15, -0.1) is 16.4 Å². The van der Waals surface area contributed by atoms with Gasteiger partial charge in [0.2, 0.25) is 11.8 Å². The van der Waals surface area contributed by atoms with Gasteiger partial charge in [-0.1, -0.05) is 11.6 Å². The zero-order chi connectivity index (χ0) is 19.8. The van der Waals surface area contributed by atoms with Gasteiger partial charge < -0.3 is 14.8 Å². The number of halogens is 1. The Morgan fingerprint density at radius 2 is 2.00 bits per heavy atom. The maximum atomic E-state index is 12.4. The minimum Gasteiger partial charge on any atom is -0.454 e. The van der Waals surface area contributed by atoms with Crippen molar-refractivity contribution in [3.63, 3.8) is 0 Å². The standard InChI is InChI=1S/C20H15ClN4O3S/c21-14-4-1-12(2-5-14)18-23-20-25(24-18)15(10-29-20)7-8-22-19(26)13-3-6-16-17(9-13)28-11-27-16/h1-6,9-10H,7-8,11H2,(H,22,26). The molecule has 0 fully saturated rings. The largest absolute Gasteiger partial charge is 0.454 e. The molecule has 3 heterocycles. The van der Waals surface area contributed by atoms with E-state index in [-0.39, 0.29) is 12.7 Å². The van der Waals surface area contributed by atoms with Gasteiger partial charge in [0.25, 0.3) is 5.91 Å². The van der Waals surface area contributed by atoms with E-state index in [2.05, 4.69) is 15.4 Å². The Kier molecular flexibility index (Phi) is 4.57. The lowest BCUT2D eigenvalue weighted by Gasteiger charge is -2.05. The summed E-state index contributed by atoms with van der Waals surface area (Å²) in [7, 11) is 0. The second-order valence-corrected chi connectivity index (χ2v) is 7.71. The predicted octanol–water partition coefficient (Wildman–Crippen LogP) is 3.81. The lowest BCUT2D eigenvalue weighted by atomic mass is 10.2. The van der Waals surface area contributed by atoms with Crippen LogP contribution in [0.2, 0.25) is 5.02 Å². The molecule has 1 N–H and O–H groups in total. The first-order valence-electron chi connectivity index (χ1n) is 8.94. The molecule has 0 unspecified atom stereocenters. The molecule has 1 amide bonds. The smallest absolute Gasteiger partial charge is 0.251 e. The fourth-order valence-corrected chi connectivity index (χ4v) is 4.04. The Bertz CT molecular complexity index is 1200. The Labute approximate surface area is 174 Å². The minimum atomic E-state index is -0.157. The first-order valence-corrected chi connectivity index (χ1v) is 10.2. The lowest BCUT2D eigenvalue weighted by Crippen LogP contribution is -2.26. The average Bonchev–Trinajstić information content (AvgIpc) is 3.44. The minimum absolute atomic E-state index is 0.157. The van der Waals surface area contributed by atoms with Crippen molar-refractivity contribution in [1.82, 2.24) is 19.9 Å². The molecule has 0 bridgehead atoms. The van der Waals surface area contributed by atoms with Crippen molar-refractivity contribution >= 4 is 33.8 Å². The van der Waals surface area contributed by atoms with Crippen molar-refractivity contribution in [1.29, 1.82) is 0 Å². The molecule has 4 aromatic rings. The van der Waals surface area contributed by atoms with Crippen LogP contribution in [0, 0.1) is 0 Å². The van der Waals surface area contributed by atoms with E-state index in [1.54, 1.807) is 18.2 Å². The molecule has 0 saturated carbocycles. The van der Waals surface area contributed by atoms with Crippen LogP contribution in [0.4, 0.5) is 0 Å². The molecule has 0 radical (unpaired) electrons. The first-order chi connectivity index (χ1) is 14.2. The molecule has 0 atom stereocenters. The topological polar surface area (TPSA) is 77.8 Å². The highest BCUT2D eigenvalue weighted by atomic mass is 35.5. The number of nitrogens with one attached hydrogen (secondary N) is 1. The van der Waals surface area contributed by atoms with E-state index in [0.29, 0.717) is 40.9 Å². The number of hydrogen-bond acceptors (Lipinski definition) is 6. The third-order valence-electron chi connectivity index (χ3n) is 4.55. The molecule has 0 spiro atoms. The molecule has 29 heavy (non-hydrogen) atoms. The summed E-state index contributed by atoms with van der Waals surface area (Å²) in [6, 6.07) is 12.6. The molecular weight excluding hydrogens is 412 g/mol. The Balaban J connectivity index is 1.26. The van der Waals surface area contributed by atoms with Gasteiger partial charge in [-0.05, 0) is 42.5 Å². The van der Waals surface area contributed by atoms with E-state index in [1.165, 1.54) is 11.3 Å². The predicted molar refractivity (Wildman–Crippen MR) is 110 cm³/mol. The fraction of sp³-hybridized carbons (Fsp3) is 0.150. The number of aromatic nitrogens is 3. The second kappa shape index (κ2) is 7.38. The first kappa shape index (κ1) is 18.0. The Hall–Kier alpha value is -3.10. The number of carbonyl (C=O) groups is 1. The molecule has 5 rings (SSSR count). The summed E-state index contributed by atoms with van der Waals surface area (Å²) in [6.07, 6.45) is 0.639. The second-order valence-electron chi connectivity index (χ2n) is 6.44. The zero-order valence-corrected chi connectivity index (χ0v) is 16.7. The van der Waals surface area contributed by atoms with Gasteiger partial charge in [0, 0.05) is 34.5 Å². The maximum absolute atomic E-state index is 12.4. The van der Waals surface area contributed by atoms with Crippen LogP contribution in [-0.4, -0.2) is 33.8 Å². The summed E-state index contributed by atoms with van der Waals surface area (Å²) in [4.78, 5) is 17.8. The van der Waals surface area contributed by atoms with Gasteiger partial charge in [0.05, 0.1) is 5.69 Å². The van der Waals surface area contributed by atoms with Crippen LogP contribution in [0.3, 0.4) is 0 Å². The van der Waals surface area contributed by atoms with Crippen LogP contribution >= 0.6 is 22.9 Å². The number of benzene rings is 2. The summed E-state index contributed by atoms with van der Waals surface area (Å²) in [6.45, 7) is 0.666. The number of nitrogens with zero attached hydrogens (tertiary/aromatic N) is 3. The van der Waals surface area contributed by atoms with Gasteiger partial charge >= 0.3 is 0 Å². The number of rotatable bonds is 5. The summed E-state index contributed by atoms with van der Waals surface area (Å²) < 4.78 is 12.4. The van der Waals surface area contributed by atoms with Gasteiger partial charge in [-0.2, -0.15) is 4.98 Å². The molecule has 146 valence electrons. The van der Waals surface area contributed by atoms with Gasteiger partial charge in [0.1, 0.15) is 0 Å². The third-order valence-corrected chi connectivity index (χ3v) is 5.67. The van der Waals surface area contributed by atoms with Crippen LogP contribution in [0.1, 0.15) is 16.1 Å². The summed E-state index contributed by atoms with van der Waals surface area (Å²) >= 11 is 7.47. The zero-order valence-electron chi connectivity index (χ0n) is 15.1. The normalized spacial score (nSPS) is 12.4. The van der Waals surface area contributed by atoms with Gasteiger partial charge in [-0.3, -0.25) is 4.79 Å². The van der Waals surface area contributed by atoms with Crippen LogP contribution in [-0.2, 0) is 6.42 Å². The lowest BCUT2D eigenvalue weighted by molar-refractivity contribution is 0.0953. The molecule has 2 aromatic heterocycles. The summed E-state index contributed by atoms with van der Waals surface area (Å²) in [5, 5.41) is 10.2. The van der Waals surface area contributed by atoms with E-state index in [9.17, 15) is 4.79 Å². The number of amides is 1. The number of thiazole rings is 1. The molecule has 7 nitrogen and oxygen atoms in total. The van der Waals surface area contributed by atoms with Crippen LogP contribution in [0.15, 0.2) is 47.8 Å². The number of ether oxygens (including phenoxy) is 2. The Morgan fingerprint density at radius 1 is 1.17 bits per heavy atom. The van der Waals surface area contributed by atoms with E-state index >= 15 is 0 Å². The average molecular weight is 427 g/mol. The van der Waals surface area contributed by atoms with Gasteiger partial charge in [-0.25, -0.2) is 4.52 Å². The molecular formula is C20H15ClN4O3S. The SMILES string of the molecule is O=C(NCCc1csc2nc(-c3ccc(Cl)cc3)nn12)c1ccc2c(c1)OCO2. The van der Waals surface area contributed by atoms with Crippen molar-refractivity contribution in [3.05, 3.63) is 64.1 Å².